The van der Waals surface area contributed by atoms with Crippen molar-refractivity contribution in [3.05, 3.63) is 51.9 Å². The fourth-order valence-corrected chi connectivity index (χ4v) is 3.47. The summed E-state index contributed by atoms with van der Waals surface area (Å²) >= 11 is 5.34. The van der Waals surface area contributed by atoms with Crippen molar-refractivity contribution in [1.29, 1.82) is 0 Å². The molecule has 1 heterocycles. The highest BCUT2D eigenvalue weighted by atomic mass is 79.9. The predicted octanol–water partition coefficient (Wildman–Crippen LogP) is 5.03. The van der Waals surface area contributed by atoms with Crippen molar-refractivity contribution >= 4 is 37.5 Å². The average molecular weight is 304 g/mol. The van der Waals surface area contributed by atoms with Crippen molar-refractivity contribution in [1.82, 2.24) is 4.98 Å². The van der Waals surface area contributed by atoms with Crippen molar-refractivity contribution in [3.63, 3.8) is 0 Å². The Morgan fingerprint density at radius 2 is 1.82 bits per heavy atom. The minimum absolute atomic E-state index is 1.06. The van der Waals surface area contributed by atoms with Gasteiger partial charge in [0, 0.05) is 4.47 Å². The number of fused-ring (bicyclic) bond motifs is 1. The van der Waals surface area contributed by atoms with Crippen LogP contribution in [0.5, 0.6) is 0 Å². The van der Waals surface area contributed by atoms with Crippen molar-refractivity contribution in [2.45, 2.75) is 6.92 Å². The topological polar surface area (TPSA) is 12.9 Å². The van der Waals surface area contributed by atoms with E-state index in [1.54, 1.807) is 11.3 Å². The molecule has 3 heteroatoms. The van der Waals surface area contributed by atoms with Crippen LogP contribution >= 0.6 is 27.3 Å². The summed E-state index contributed by atoms with van der Waals surface area (Å²) in [5, 5.41) is 1.10. The molecule has 17 heavy (non-hydrogen) atoms. The SMILES string of the molecule is Cc1nc2c(Br)cc(-c3ccccc3)cc2s1. The van der Waals surface area contributed by atoms with Crippen LogP contribution in [0.25, 0.3) is 21.3 Å². The lowest BCUT2D eigenvalue weighted by molar-refractivity contribution is 1.34. The largest absolute Gasteiger partial charge is 0.240 e. The monoisotopic (exact) mass is 303 g/mol. The van der Waals surface area contributed by atoms with Crippen LogP contribution in [0, 0.1) is 6.92 Å². The van der Waals surface area contributed by atoms with E-state index >= 15 is 0 Å². The Balaban J connectivity index is 2.25. The summed E-state index contributed by atoms with van der Waals surface area (Å²) in [6.07, 6.45) is 0. The van der Waals surface area contributed by atoms with Crippen LogP contribution in [0.1, 0.15) is 5.01 Å². The van der Waals surface area contributed by atoms with E-state index in [-0.39, 0.29) is 0 Å². The Bertz CT molecular complexity index is 673. The van der Waals surface area contributed by atoms with Gasteiger partial charge in [-0.1, -0.05) is 30.3 Å². The molecule has 0 aliphatic heterocycles. The Morgan fingerprint density at radius 3 is 2.59 bits per heavy atom. The number of hydrogen-bond donors (Lipinski definition) is 0. The van der Waals surface area contributed by atoms with E-state index in [2.05, 4.69) is 57.3 Å². The van der Waals surface area contributed by atoms with Gasteiger partial charge in [0.05, 0.1) is 15.2 Å². The molecule has 84 valence electrons. The number of rotatable bonds is 1. The quantitative estimate of drug-likeness (QED) is 0.614. The second kappa shape index (κ2) is 4.24. The highest BCUT2D eigenvalue weighted by Gasteiger charge is 2.07. The number of aromatic nitrogens is 1. The van der Waals surface area contributed by atoms with Crippen molar-refractivity contribution in [2.24, 2.45) is 0 Å². The van der Waals surface area contributed by atoms with Crippen molar-refractivity contribution in [2.75, 3.05) is 0 Å². The molecule has 0 unspecified atom stereocenters. The molecule has 0 atom stereocenters. The Morgan fingerprint density at radius 1 is 1.06 bits per heavy atom. The van der Waals surface area contributed by atoms with Gasteiger partial charge in [-0.2, -0.15) is 0 Å². The van der Waals surface area contributed by atoms with E-state index in [1.807, 2.05) is 13.0 Å². The molecule has 1 nitrogen and oxygen atoms in total. The lowest BCUT2D eigenvalue weighted by Crippen LogP contribution is -1.79. The average Bonchev–Trinajstić information content (AvgIpc) is 2.71. The molecule has 0 radical (unpaired) electrons. The third-order valence-electron chi connectivity index (χ3n) is 2.66. The maximum absolute atomic E-state index is 4.52. The predicted molar refractivity (Wildman–Crippen MR) is 77.5 cm³/mol. The second-order valence-electron chi connectivity index (χ2n) is 3.90. The summed E-state index contributed by atoms with van der Waals surface area (Å²) in [5.74, 6) is 0. The van der Waals surface area contributed by atoms with Crippen LogP contribution in [0.2, 0.25) is 0 Å². The van der Waals surface area contributed by atoms with Gasteiger partial charge in [0.1, 0.15) is 0 Å². The van der Waals surface area contributed by atoms with Crippen LogP contribution in [0.3, 0.4) is 0 Å². The van der Waals surface area contributed by atoms with Gasteiger partial charge in [0.2, 0.25) is 0 Å². The minimum Gasteiger partial charge on any atom is -0.240 e. The molecular weight excluding hydrogens is 294 g/mol. The number of hydrogen-bond acceptors (Lipinski definition) is 2. The standard InChI is InChI=1S/C14H10BrNS/c1-9-16-14-12(15)7-11(8-13(14)17-9)10-5-3-2-4-6-10/h2-8H,1H3. The fraction of sp³-hybridized carbons (Fsp3) is 0.0714. The number of benzene rings is 2. The highest BCUT2D eigenvalue weighted by Crippen LogP contribution is 2.33. The van der Waals surface area contributed by atoms with Crippen LogP contribution in [0.15, 0.2) is 46.9 Å². The number of thiazole rings is 1. The van der Waals surface area contributed by atoms with E-state index in [1.165, 1.54) is 15.8 Å². The van der Waals surface area contributed by atoms with Crippen molar-refractivity contribution < 1.29 is 0 Å². The molecule has 0 N–H and O–H groups in total. The number of aryl methyl sites for hydroxylation is 1. The van der Waals surface area contributed by atoms with E-state index < -0.39 is 0 Å². The summed E-state index contributed by atoms with van der Waals surface area (Å²) in [6.45, 7) is 2.04. The molecule has 3 rings (SSSR count). The summed E-state index contributed by atoms with van der Waals surface area (Å²) in [5.41, 5.74) is 3.53. The molecular formula is C14H10BrNS. The van der Waals surface area contributed by atoms with Crippen LogP contribution in [0.4, 0.5) is 0 Å². The number of nitrogens with zero attached hydrogens (tertiary/aromatic N) is 1. The van der Waals surface area contributed by atoms with E-state index in [4.69, 9.17) is 0 Å². The molecule has 1 aromatic heterocycles. The molecule has 0 bridgehead atoms. The molecule has 3 aromatic rings. The van der Waals surface area contributed by atoms with Crippen LogP contribution in [-0.2, 0) is 0 Å². The van der Waals surface area contributed by atoms with Gasteiger partial charge in [-0.15, -0.1) is 11.3 Å². The molecule has 0 spiro atoms. The fourth-order valence-electron chi connectivity index (χ4n) is 1.90. The van der Waals surface area contributed by atoms with Gasteiger partial charge in [-0.05, 0) is 46.1 Å². The van der Waals surface area contributed by atoms with Gasteiger partial charge in [0.25, 0.3) is 0 Å². The molecule has 0 saturated heterocycles. The van der Waals surface area contributed by atoms with E-state index in [9.17, 15) is 0 Å². The molecule has 0 aliphatic carbocycles. The zero-order valence-corrected chi connectivity index (χ0v) is 11.7. The first-order valence-electron chi connectivity index (χ1n) is 5.36. The van der Waals surface area contributed by atoms with Gasteiger partial charge < -0.3 is 0 Å². The maximum atomic E-state index is 4.52. The Kier molecular flexibility index (Phi) is 2.73. The lowest BCUT2D eigenvalue weighted by Gasteiger charge is -2.02. The first-order valence-corrected chi connectivity index (χ1v) is 6.97. The van der Waals surface area contributed by atoms with Crippen molar-refractivity contribution in [3.8, 4) is 11.1 Å². The third kappa shape index (κ3) is 2.01. The van der Waals surface area contributed by atoms with E-state index in [0.717, 1.165) is 15.0 Å². The zero-order valence-electron chi connectivity index (χ0n) is 9.27. The van der Waals surface area contributed by atoms with Crippen LogP contribution < -0.4 is 0 Å². The summed E-state index contributed by atoms with van der Waals surface area (Å²) in [6, 6.07) is 14.8. The van der Waals surface area contributed by atoms with E-state index in [0.29, 0.717) is 0 Å². The third-order valence-corrected chi connectivity index (χ3v) is 4.18. The number of halogens is 1. The smallest absolute Gasteiger partial charge is 0.0957 e. The summed E-state index contributed by atoms with van der Waals surface area (Å²) < 4.78 is 2.30. The molecule has 0 fully saturated rings. The second-order valence-corrected chi connectivity index (χ2v) is 5.99. The highest BCUT2D eigenvalue weighted by molar-refractivity contribution is 9.10. The lowest BCUT2D eigenvalue weighted by atomic mass is 10.1. The molecule has 0 amide bonds. The maximum Gasteiger partial charge on any atom is 0.0957 e. The van der Waals surface area contributed by atoms with Gasteiger partial charge in [-0.25, -0.2) is 4.98 Å². The van der Waals surface area contributed by atoms with Crippen LogP contribution in [-0.4, -0.2) is 4.98 Å². The van der Waals surface area contributed by atoms with Gasteiger partial charge >= 0.3 is 0 Å². The normalized spacial score (nSPS) is 10.9. The zero-order chi connectivity index (χ0) is 11.8. The molecule has 0 aliphatic rings. The Labute approximate surface area is 112 Å². The summed E-state index contributed by atoms with van der Waals surface area (Å²) in [4.78, 5) is 4.52. The van der Waals surface area contributed by atoms with Gasteiger partial charge in [-0.3, -0.25) is 0 Å². The molecule has 2 aromatic carbocycles. The first-order chi connectivity index (χ1) is 8.24. The summed E-state index contributed by atoms with van der Waals surface area (Å²) in [7, 11) is 0. The minimum atomic E-state index is 1.06. The molecule has 0 saturated carbocycles. The Hall–Kier alpha value is -1.19. The first kappa shape index (κ1) is 10.9. The van der Waals surface area contributed by atoms with Gasteiger partial charge in [0.15, 0.2) is 0 Å².